The molecule has 0 fully saturated rings. The van der Waals surface area contributed by atoms with Crippen molar-refractivity contribution in [2.75, 3.05) is 13.2 Å². The van der Waals surface area contributed by atoms with Crippen molar-refractivity contribution in [2.24, 2.45) is 0 Å². The molecule has 65 valence electrons. The van der Waals surface area contributed by atoms with Crippen LogP contribution in [-0.4, -0.2) is 13.2 Å². The van der Waals surface area contributed by atoms with Crippen molar-refractivity contribution in [2.45, 2.75) is 13.3 Å². The van der Waals surface area contributed by atoms with Gasteiger partial charge in [-0.15, -0.1) is 0 Å². The lowest BCUT2D eigenvalue weighted by Crippen LogP contribution is -1.93. The van der Waals surface area contributed by atoms with Gasteiger partial charge in [0.25, 0.3) is 0 Å². The fourth-order valence-corrected chi connectivity index (χ4v) is 1.08. The van der Waals surface area contributed by atoms with Gasteiger partial charge in [0.15, 0.2) is 0 Å². The summed E-state index contributed by atoms with van der Waals surface area (Å²) in [6.07, 6.45) is 0.584. The lowest BCUT2D eigenvalue weighted by Gasteiger charge is -2.03. The van der Waals surface area contributed by atoms with E-state index in [0.717, 1.165) is 11.3 Å². The van der Waals surface area contributed by atoms with Crippen molar-refractivity contribution in [1.82, 2.24) is 0 Å². The van der Waals surface area contributed by atoms with Crippen LogP contribution in [0.3, 0.4) is 0 Å². The van der Waals surface area contributed by atoms with E-state index in [9.17, 15) is 5.11 Å². The Morgan fingerprint density at radius 1 is 1.42 bits per heavy atom. The first-order valence-corrected chi connectivity index (χ1v) is 4.16. The molecule has 1 aromatic carbocycles. The summed E-state index contributed by atoms with van der Waals surface area (Å²) in [5.74, 6) is 0.850. The van der Waals surface area contributed by atoms with E-state index in [-0.39, 0.29) is 6.61 Å². The molecular weight excluding hydrogens is 152 g/mol. The topological polar surface area (TPSA) is 29.1 Å². The molecule has 1 aromatic rings. The van der Waals surface area contributed by atoms with E-state index in [1.807, 2.05) is 31.2 Å². The number of hydrogen-bond donors (Lipinski definition) is 0. The zero-order valence-electron chi connectivity index (χ0n) is 7.25. The van der Waals surface area contributed by atoms with Crippen LogP contribution in [0.4, 0.5) is 0 Å². The Balaban J connectivity index is 2.67. The first-order chi connectivity index (χ1) is 5.86. The first-order valence-electron chi connectivity index (χ1n) is 4.16. The summed E-state index contributed by atoms with van der Waals surface area (Å²) < 4.78 is 5.29. The SMILES string of the molecule is CCOc1cccc(CC[O])c1. The molecule has 12 heavy (non-hydrogen) atoms. The fourth-order valence-electron chi connectivity index (χ4n) is 1.08. The third-order valence-corrected chi connectivity index (χ3v) is 1.60. The van der Waals surface area contributed by atoms with Crippen LogP contribution in [-0.2, 0) is 11.5 Å². The van der Waals surface area contributed by atoms with Crippen LogP contribution in [0.2, 0.25) is 0 Å². The lowest BCUT2D eigenvalue weighted by molar-refractivity contribution is 0.197. The van der Waals surface area contributed by atoms with Crippen LogP contribution in [0.5, 0.6) is 5.75 Å². The largest absolute Gasteiger partial charge is 0.494 e. The van der Waals surface area contributed by atoms with Crippen molar-refractivity contribution in [1.29, 1.82) is 0 Å². The third kappa shape index (κ3) is 2.55. The van der Waals surface area contributed by atoms with Crippen molar-refractivity contribution in [3.8, 4) is 5.75 Å². The molecule has 0 N–H and O–H groups in total. The van der Waals surface area contributed by atoms with E-state index in [1.54, 1.807) is 0 Å². The second-order valence-corrected chi connectivity index (χ2v) is 2.53. The molecule has 1 rings (SSSR count). The molecule has 0 bridgehead atoms. The number of rotatable bonds is 4. The first kappa shape index (κ1) is 9.07. The predicted molar refractivity (Wildman–Crippen MR) is 46.9 cm³/mol. The van der Waals surface area contributed by atoms with Crippen LogP contribution in [0, 0.1) is 0 Å². The second kappa shape index (κ2) is 4.78. The smallest absolute Gasteiger partial charge is 0.119 e. The molecule has 0 amide bonds. The molecule has 2 heteroatoms. The van der Waals surface area contributed by atoms with E-state index in [0.29, 0.717) is 13.0 Å². The van der Waals surface area contributed by atoms with Gasteiger partial charge in [-0.2, -0.15) is 0 Å². The van der Waals surface area contributed by atoms with Crippen molar-refractivity contribution >= 4 is 0 Å². The van der Waals surface area contributed by atoms with Crippen molar-refractivity contribution < 1.29 is 9.84 Å². The van der Waals surface area contributed by atoms with Gasteiger partial charge in [0.05, 0.1) is 13.2 Å². The van der Waals surface area contributed by atoms with Crippen LogP contribution >= 0.6 is 0 Å². The minimum atomic E-state index is -0.0599. The van der Waals surface area contributed by atoms with Crippen LogP contribution in [0.1, 0.15) is 12.5 Å². The molecule has 0 aliphatic carbocycles. The Morgan fingerprint density at radius 3 is 2.92 bits per heavy atom. The van der Waals surface area contributed by atoms with E-state index in [4.69, 9.17) is 4.74 Å². The monoisotopic (exact) mass is 165 g/mol. The van der Waals surface area contributed by atoms with Gasteiger partial charge < -0.3 is 4.74 Å². The standard InChI is InChI=1S/C10H13O2/c1-2-12-10-5-3-4-9(8-10)6-7-11/h3-5,8H,2,6-7H2,1H3. The van der Waals surface area contributed by atoms with E-state index < -0.39 is 0 Å². The fraction of sp³-hybridized carbons (Fsp3) is 0.400. The number of benzene rings is 1. The summed E-state index contributed by atoms with van der Waals surface area (Å²) in [5.41, 5.74) is 1.05. The van der Waals surface area contributed by atoms with Gasteiger partial charge in [-0.25, -0.2) is 5.11 Å². The highest BCUT2D eigenvalue weighted by Crippen LogP contribution is 2.13. The third-order valence-electron chi connectivity index (χ3n) is 1.60. The molecule has 0 atom stereocenters. The molecule has 0 aliphatic rings. The number of hydrogen-bond acceptors (Lipinski definition) is 1. The van der Waals surface area contributed by atoms with Crippen LogP contribution in [0.15, 0.2) is 24.3 Å². The van der Waals surface area contributed by atoms with Gasteiger partial charge >= 0.3 is 0 Å². The second-order valence-electron chi connectivity index (χ2n) is 2.53. The summed E-state index contributed by atoms with van der Waals surface area (Å²) >= 11 is 0. The quantitative estimate of drug-likeness (QED) is 0.671. The van der Waals surface area contributed by atoms with Gasteiger partial charge in [-0.1, -0.05) is 12.1 Å². The molecular formula is C10H13O2. The van der Waals surface area contributed by atoms with Gasteiger partial charge in [-0.05, 0) is 31.0 Å². The Bertz CT molecular complexity index is 212. The van der Waals surface area contributed by atoms with Crippen LogP contribution < -0.4 is 4.74 Å². The molecule has 1 radical (unpaired) electrons. The van der Waals surface area contributed by atoms with Crippen molar-refractivity contribution in [3.63, 3.8) is 0 Å². The van der Waals surface area contributed by atoms with Gasteiger partial charge in [0, 0.05) is 0 Å². The maximum Gasteiger partial charge on any atom is 0.119 e. The summed E-state index contributed by atoms with van der Waals surface area (Å²) in [7, 11) is 0. The predicted octanol–water partition coefficient (Wildman–Crippen LogP) is 2.06. The van der Waals surface area contributed by atoms with Gasteiger partial charge in [0.2, 0.25) is 0 Å². The molecule has 0 aromatic heterocycles. The van der Waals surface area contributed by atoms with Crippen molar-refractivity contribution in [3.05, 3.63) is 29.8 Å². The zero-order chi connectivity index (χ0) is 8.81. The van der Waals surface area contributed by atoms with E-state index in [2.05, 4.69) is 0 Å². The molecule has 0 spiro atoms. The average Bonchev–Trinajstić information content (AvgIpc) is 2.06. The Hall–Kier alpha value is -1.02. The maximum atomic E-state index is 10.3. The Morgan fingerprint density at radius 2 is 2.25 bits per heavy atom. The maximum absolute atomic E-state index is 10.3. The average molecular weight is 165 g/mol. The summed E-state index contributed by atoms with van der Waals surface area (Å²) in [6, 6.07) is 7.68. The summed E-state index contributed by atoms with van der Waals surface area (Å²) in [4.78, 5) is 0. The number of ether oxygens (including phenoxy) is 1. The molecule has 2 nitrogen and oxygen atoms in total. The summed E-state index contributed by atoms with van der Waals surface area (Å²) in [6.45, 7) is 2.55. The molecule has 0 heterocycles. The molecule has 0 saturated carbocycles. The lowest BCUT2D eigenvalue weighted by atomic mass is 10.1. The highest BCUT2D eigenvalue weighted by molar-refractivity contribution is 5.28. The summed E-state index contributed by atoms with van der Waals surface area (Å²) in [5, 5.41) is 10.3. The van der Waals surface area contributed by atoms with E-state index in [1.165, 1.54) is 0 Å². The zero-order valence-corrected chi connectivity index (χ0v) is 7.25. The normalized spacial score (nSPS) is 9.83. The van der Waals surface area contributed by atoms with E-state index >= 15 is 0 Å². The minimum Gasteiger partial charge on any atom is -0.494 e. The van der Waals surface area contributed by atoms with Gasteiger partial charge in [-0.3, -0.25) is 0 Å². The Kier molecular flexibility index (Phi) is 3.61. The molecule has 0 saturated heterocycles. The highest BCUT2D eigenvalue weighted by atomic mass is 16.5. The minimum absolute atomic E-state index is 0.0599. The van der Waals surface area contributed by atoms with Crippen LogP contribution in [0.25, 0.3) is 0 Å². The highest BCUT2D eigenvalue weighted by Gasteiger charge is 1.94. The Labute approximate surface area is 72.8 Å². The molecule has 0 aliphatic heterocycles. The molecule has 0 unspecified atom stereocenters. The van der Waals surface area contributed by atoms with Gasteiger partial charge in [0.1, 0.15) is 5.75 Å².